The normalized spacial score (nSPS) is 10.7. The summed E-state index contributed by atoms with van der Waals surface area (Å²) in [5, 5.41) is 0. The van der Waals surface area contributed by atoms with Crippen LogP contribution in [0, 0.1) is 5.82 Å². The van der Waals surface area contributed by atoms with Gasteiger partial charge >= 0.3 is 5.97 Å². The molecule has 1 heterocycles. The van der Waals surface area contributed by atoms with Crippen LogP contribution in [0.25, 0.3) is 6.08 Å². The van der Waals surface area contributed by atoms with Crippen molar-refractivity contribution in [3.05, 3.63) is 102 Å². The van der Waals surface area contributed by atoms with Crippen LogP contribution in [-0.2, 0) is 22.7 Å². The molecule has 0 saturated heterocycles. The van der Waals surface area contributed by atoms with Crippen molar-refractivity contribution in [3.8, 4) is 5.75 Å². The molecule has 0 spiro atoms. The van der Waals surface area contributed by atoms with E-state index < -0.39 is 5.97 Å². The highest BCUT2D eigenvalue weighted by Gasteiger charge is 2.01. The molecule has 0 fully saturated rings. The fourth-order valence-corrected chi connectivity index (χ4v) is 2.27. The zero-order valence-corrected chi connectivity index (χ0v) is 14.5. The summed E-state index contributed by atoms with van der Waals surface area (Å²) >= 11 is 0. The van der Waals surface area contributed by atoms with Gasteiger partial charge in [0.2, 0.25) is 0 Å². The van der Waals surface area contributed by atoms with Crippen LogP contribution < -0.4 is 4.74 Å². The van der Waals surface area contributed by atoms with Crippen LogP contribution in [0.15, 0.2) is 79.1 Å². The average Bonchev–Trinajstić information content (AvgIpc) is 2.72. The van der Waals surface area contributed by atoms with E-state index in [1.807, 2.05) is 36.4 Å². The zero-order valence-electron chi connectivity index (χ0n) is 14.5. The Balaban J connectivity index is 1.45. The van der Waals surface area contributed by atoms with Crippen LogP contribution in [-0.4, -0.2) is 11.0 Å². The summed E-state index contributed by atoms with van der Waals surface area (Å²) in [6, 6.07) is 17.0. The third-order valence-corrected chi connectivity index (χ3v) is 3.74. The minimum Gasteiger partial charge on any atom is -0.489 e. The van der Waals surface area contributed by atoms with Crippen molar-refractivity contribution in [2.75, 3.05) is 0 Å². The molecular weight excluding hydrogens is 345 g/mol. The van der Waals surface area contributed by atoms with Gasteiger partial charge in [-0.05, 0) is 59.2 Å². The topological polar surface area (TPSA) is 48.4 Å². The van der Waals surface area contributed by atoms with Crippen molar-refractivity contribution in [2.45, 2.75) is 13.2 Å². The Bertz CT molecular complexity index is 891. The molecular formula is C22H18FNO3. The molecule has 0 radical (unpaired) electrons. The molecule has 0 aliphatic heterocycles. The number of ether oxygens (including phenoxy) is 2. The summed E-state index contributed by atoms with van der Waals surface area (Å²) in [5.41, 5.74) is 2.62. The van der Waals surface area contributed by atoms with Gasteiger partial charge in [-0.2, -0.15) is 0 Å². The van der Waals surface area contributed by atoms with Gasteiger partial charge < -0.3 is 9.47 Å². The van der Waals surface area contributed by atoms with E-state index in [0.717, 1.165) is 22.4 Å². The number of benzene rings is 2. The minimum atomic E-state index is -0.461. The Hall–Kier alpha value is -3.47. The van der Waals surface area contributed by atoms with Crippen molar-refractivity contribution in [3.63, 3.8) is 0 Å². The van der Waals surface area contributed by atoms with Crippen molar-refractivity contribution < 1.29 is 18.7 Å². The lowest BCUT2D eigenvalue weighted by Crippen LogP contribution is -2.01. The van der Waals surface area contributed by atoms with E-state index in [1.165, 1.54) is 18.2 Å². The van der Waals surface area contributed by atoms with Crippen LogP contribution in [0.2, 0.25) is 0 Å². The first-order valence-corrected chi connectivity index (χ1v) is 8.40. The predicted octanol–water partition coefficient (Wildman–Crippen LogP) is 4.56. The lowest BCUT2D eigenvalue weighted by Gasteiger charge is -2.07. The van der Waals surface area contributed by atoms with Crippen molar-refractivity contribution in [2.24, 2.45) is 0 Å². The Morgan fingerprint density at radius 1 is 0.889 bits per heavy atom. The molecule has 4 nitrogen and oxygen atoms in total. The van der Waals surface area contributed by atoms with E-state index in [9.17, 15) is 9.18 Å². The van der Waals surface area contributed by atoms with Gasteiger partial charge in [-0.25, -0.2) is 9.18 Å². The maximum absolute atomic E-state index is 12.8. The van der Waals surface area contributed by atoms with E-state index in [4.69, 9.17) is 9.47 Å². The van der Waals surface area contributed by atoms with Gasteiger partial charge in [0, 0.05) is 18.5 Å². The first kappa shape index (κ1) is 18.3. The molecule has 0 aliphatic rings. The molecule has 27 heavy (non-hydrogen) atoms. The van der Waals surface area contributed by atoms with E-state index in [0.29, 0.717) is 6.61 Å². The summed E-state index contributed by atoms with van der Waals surface area (Å²) in [4.78, 5) is 15.7. The smallest absolute Gasteiger partial charge is 0.331 e. The monoisotopic (exact) mass is 363 g/mol. The first-order chi connectivity index (χ1) is 13.2. The molecule has 0 unspecified atom stereocenters. The molecule has 136 valence electrons. The van der Waals surface area contributed by atoms with Gasteiger partial charge in [-0.15, -0.1) is 0 Å². The van der Waals surface area contributed by atoms with Gasteiger partial charge in [0.15, 0.2) is 0 Å². The molecule has 1 aromatic heterocycles. The summed E-state index contributed by atoms with van der Waals surface area (Å²) in [6.45, 7) is 0.627. The molecule has 5 heteroatoms. The number of pyridine rings is 1. The number of carbonyl (C=O) groups is 1. The summed E-state index contributed by atoms with van der Waals surface area (Å²) < 4.78 is 23.7. The summed E-state index contributed by atoms with van der Waals surface area (Å²) in [5.74, 6) is -0.0432. The SMILES string of the molecule is O=C(/C=C/c1ccc(F)cc1)OCc1ccc(OCc2ccncc2)cc1. The highest BCUT2D eigenvalue weighted by Crippen LogP contribution is 2.15. The van der Waals surface area contributed by atoms with Crippen molar-refractivity contribution in [1.82, 2.24) is 4.98 Å². The number of nitrogens with zero attached hydrogens (tertiary/aromatic N) is 1. The maximum Gasteiger partial charge on any atom is 0.331 e. The fraction of sp³-hybridized carbons (Fsp3) is 0.0909. The molecule has 2 aromatic carbocycles. The highest BCUT2D eigenvalue weighted by atomic mass is 19.1. The first-order valence-electron chi connectivity index (χ1n) is 8.40. The molecule has 3 rings (SSSR count). The number of carbonyl (C=O) groups excluding carboxylic acids is 1. The van der Waals surface area contributed by atoms with Crippen LogP contribution in [0.3, 0.4) is 0 Å². The number of hydrogen-bond donors (Lipinski definition) is 0. The molecule has 0 bridgehead atoms. The average molecular weight is 363 g/mol. The Morgan fingerprint density at radius 3 is 2.26 bits per heavy atom. The van der Waals surface area contributed by atoms with Gasteiger partial charge in [0.05, 0.1) is 0 Å². The lowest BCUT2D eigenvalue weighted by molar-refractivity contribution is -0.138. The van der Waals surface area contributed by atoms with Gasteiger partial charge in [-0.1, -0.05) is 24.3 Å². The van der Waals surface area contributed by atoms with E-state index >= 15 is 0 Å². The Morgan fingerprint density at radius 2 is 1.56 bits per heavy atom. The molecule has 0 amide bonds. The van der Waals surface area contributed by atoms with Gasteiger partial charge in [0.1, 0.15) is 24.8 Å². The largest absolute Gasteiger partial charge is 0.489 e. The Kier molecular flexibility index (Phi) is 6.30. The van der Waals surface area contributed by atoms with E-state index in [1.54, 1.807) is 30.6 Å². The minimum absolute atomic E-state index is 0.164. The zero-order chi connectivity index (χ0) is 18.9. The molecule has 3 aromatic rings. The van der Waals surface area contributed by atoms with Crippen LogP contribution in [0.5, 0.6) is 5.75 Å². The quantitative estimate of drug-likeness (QED) is 0.456. The third kappa shape index (κ3) is 6.08. The number of halogens is 1. The fourth-order valence-electron chi connectivity index (χ4n) is 2.27. The lowest BCUT2D eigenvalue weighted by atomic mass is 10.2. The number of aromatic nitrogens is 1. The van der Waals surface area contributed by atoms with Crippen LogP contribution in [0.1, 0.15) is 16.7 Å². The second-order valence-corrected chi connectivity index (χ2v) is 5.78. The van der Waals surface area contributed by atoms with E-state index in [-0.39, 0.29) is 12.4 Å². The molecule has 0 saturated carbocycles. The number of rotatable bonds is 7. The second kappa shape index (κ2) is 9.29. The van der Waals surface area contributed by atoms with Crippen molar-refractivity contribution in [1.29, 1.82) is 0 Å². The van der Waals surface area contributed by atoms with Gasteiger partial charge in [0.25, 0.3) is 0 Å². The maximum atomic E-state index is 12.8. The number of esters is 1. The predicted molar refractivity (Wildman–Crippen MR) is 100 cm³/mol. The van der Waals surface area contributed by atoms with Crippen LogP contribution >= 0.6 is 0 Å². The van der Waals surface area contributed by atoms with E-state index in [2.05, 4.69) is 4.98 Å². The van der Waals surface area contributed by atoms with Gasteiger partial charge in [-0.3, -0.25) is 4.98 Å². The summed E-state index contributed by atoms with van der Waals surface area (Å²) in [6.07, 6.45) is 6.35. The molecule has 0 atom stereocenters. The van der Waals surface area contributed by atoms with Crippen molar-refractivity contribution >= 4 is 12.0 Å². The molecule has 0 aliphatic carbocycles. The van der Waals surface area contributed by atoms with Crippen LogP contribution in [0.4, 0.5) is 4.39 Å². The Labute approximate surface area is 156 Å². The highest BCUT2D eigenvalue weighted by molar-refractivity contribution is 5.87. The standard InChI is InChI=1S/C22H18FNO3/c23-20-6-1-17(2-7-20)5-10-22(25)27-16-18-3-8-21(9-4-18)26-15-19-11-13-24-14-12-19/h1-14H,15-16H2/b10-5+. The third-order valence-electron chi connectivity index (χ3n) is 3.74. The summed E-state index contributed by atoms with van der Waals surface area (Å²) in [7, 11) is 0. The second-order valence-electron chi connectivity index (χ2n) is 5.78. The number of hydrogen-bond acceptors (Lipinski definition) is 4. The molecule has 0 N–H and O–H groups in total.